The molecule has 0 radical (unpaired) electrons. The quantitative estimate of drug-likeness (QED) is 0.830. The van der Waals surface area contributed by atoms with Crippen molar-refractivity contribution in [2.24, 2.45) is 5.73 Å². The molecular weight excluding hydrogens is 239 g/mol. The average Bonchev–Trinajstić information content (AvgIpc) is 2.63. The fraction of sp³-hybridized carbons (Fsp3) is 0.778. The Morgan fingerprint density at radius 3 is 2.76 bits per heavy atom. The van der Waals surface area contributed by atoms with Gasteiger partial charge in [-0.15, -0.1) is 0 Å². The monoisotopic (exact) mass is 253 g/mol. The van der Waals surface area contributed by atoms with Crippen molar-refractivity contribution in [3.05, 3.63) is 11.7 Å². The summed E-state index contributed by atoms with van der Waals surface area (Å²) in [7, 11) is 0. The Bertz CT molecular complexity index is 340. The van der Waals surface area contributed by atoms with Crippen molar-refractivity contribution in [1.82, 2.24) is 10.1 Å². The first-order valence-corrected chi connectivity index (χ1v) is 5.12. The van der Waals surface area contributed by atoms with Gasteiger partial charge in [-0.1, -0.05) is 12.1 Å². The van der Waals surface area contributed by atoms with E-state index in [1.54, 1.807) is 0 Å². The molecule has 0 fully saturated rings. The van der Waals surface area contributed by atoms with Gasteiger partial charge in [-0.05, 0) is 6.42 Å². The van der Waals surface area contributed by atoms with Crippen LogP contribution in [0.15, 0.2) is 4.52 Å². The van der Waals surface area contributed by atoms with Crippen LogP contribution in [0.4, 0.5) is 13.2 Å². The maximum atomic E-state index is 11.8. The van der Waals surface area contributed by atoms with Gasteiger partial charge in [0, 0.05) is 12.5 Å². The zero-order valence-electron chi connectivity index (χ0n) is 9.33. The molecule has 5 nitrogen and oxygen atoms in total. The normalized spacial score (nSPS) is 13.9. The van der Waals surface area contributed by atoms with Crippen LogP contribution in [0, 0.1) is 0 Å². The number of aromatic nitrogens is 2. The van der Waals surface area contributed by atoms with Crippen molar-refractivity contribution >= 4 is 0 Å². The highest BCUT2D eigenvalue weighted by Crippen LogP contribution is 2.15. The number of nitrogens with zero attached hydrogens (tertiary/aromatic N) is 2. The van der Waals surface area contributed by atoms with Gasteiger partial charge < -0.3 is 15.0 Å². The van der Waals surface area contributed by atoms with Crippen molar-refractivity contribution in [1.29, 1.82) is 0 Å². The van der Waals surface area contributed by atoms with E-state index in [2.05, 4.69) is 14.9 Å². The summed E-state index contributed by atoms with van der Waals surface area (Å²) in [6, 6.07) is -0.0865. The van der Waals surface area contributed by atoms with Crippen molar-refractivity contribution < 1.29 is 22.4 Å². The highest BCUT2D eigenvalue weighted by Gasteiger charge is 2.27. The summed E-state index contributed by atoms with van der Waals surface area (Å²) in [5.74, 6) is 0.400. The first-order chi connectivity index (χ1) is 7.90. The molecule has 0 aliphatic rings. The van der Waals surface area contributed by atoms with E-state index in [0.717, 1.165) is 6.42 Å². The molecule has 0 aliphatic carbocycles. The molecule has 1 heterocycles. The molecule has 1 rings (SSSR count). The summed E-state index contributed by atoms with van der Waals surface area (Å²) < 4.78 is 44.4. The second kappa shape index (κ2) is 5.97. The molecule has 1 aromatic rings. The van der Waals surface area contributed by atoms with E-state index in [0.29, 0.717) is 12.2 Å². The fourth-order valence-electron chi connectivity index (χ4n) is 1.06. The van der Waals surface area contributed by atoms with Crippen molar-refractivity contribution in [2.75, 3.05) is 6.61 Å². The van der Waals surface area contributed by atoms with E-state index in [1.165, 1.54) is 0 Å². The summed E-state index contributed by atoms with van der Waals surface area (Å²) in [6.45, 7) is 0.227. The summed E-state index contributed by atoms with van der Waals surface area (Å²) in [6.07, 6.45) is -3.17. The van der Waals surface area contributed by atoms with Gasteiger partial charge in [-0.3, -0.25) is 0 Å². The van der Waals surface area contributed by atoms with Crippen molar-refractivity contribution in [3.8, 4) is 0 Å². The Morgan fingerprint density at radius 1 is 1.47 bits per heavy atom. The number of hydrogen-bond donors (Lipinski definition) is 1. The Kier molecular flexibility index (Phi) is 4.88. The van der Waals surface area contributed by atoms with Gasteiger partial charge in [0.15, 0.2) is 5.82 Å². The third-order valence-corrected chi connectivity index (χ3v) is 1.97. The van der Waals surface area contributed by atoms with E-state index in [4.69, 9.17) is 10.3 Å². The molecule has 2 N–H and O–H groups in total. The van der Waals surface area contributed by atoms with Crippen LogP contribution in [0.1, 0.15) is 25.1 Å². The minimum Gasteiger partial charge on any atom is -0.362 e. The Hall–Kier alpha value is -1.15. The number of rotatable bonds is 6. The summed E-state index contributed by atoms with van der Waals surface area (Å²) in [4.78, 5) is 3.87. The maximum Gasteiger partial charge on any atom is 0.411 e. The lowest BCUT2D eigenvalue weighted by Gasteiger charge is -2.04. The summed E-state index contributed by atoms with van der Waals surface area (Å²) in [5.41, 5.74) is 5.67. The van der Waals surface area contributed by atoms with Gasteiger partial charge in [-0.25, -0.2) is 0 Å². The molecule has 1 aromatic heterocycles. The Morgan fingerprint density at radius 2 is 2.18 bits per heavy atom. The molecule has 1 atom stereocenters. The highest BCUT2D eigenvalue weighted by atomic mass is 19.4. The lowest BCUT2D eigenvalue weighted by atomic mass is 10.2. The molecule has 0 spiro atoms. The van der Waals surface area contributed by atoms with Gasteiger partial charge in [0.1, 0.15) is 13.2 Å². The maximum absolute atomic E-state index is 11.8. The van der Waals surface area contributed by atoms with Crippen molar-refractivity contribution in [2.45, 2.75) is 38.6 Å². The minimum absolute atomic E-state index is 0.0209. The Labute approximate surface area is 96.1 Å². The predicted octanol–water partition coefficient (Wildman–Crippen LogP) is 1.43. The molecule has 0 bridgehead atoms. The first-order valence-electron chi connectivity index (χ1n) is 5.12. The standard InChI is InChI=1S/C9H14F3N3O2/c1-2-6(13)3-7-14-8(17-15-7)4-16-5-9(10,11)12/h6H,2-5,13H2,1H3. The SMILES string of the molecule is CCC(N)Cc1noc(COCC(F)(F)F)n1. The van der Waals surface area contributed by atoms with Gasteiger partial charge in [-0.2, -0.15) is 18.2 Å². The van der Waals surface area contributed by atoms with Crippen molar-refractivity contribution in [3.63, 3.8) is 0 Å². The average molecular weight is 253 g/mol. The molecule has 0 saturated heterocycles. The van der Waals surface area contributed by atoms with E-state index < -0.39 is 12.8 Å². The molecule has 17 heavy (non-hydrogen) atoms. The van der Waals surface area contributed by atoms with Gasteiger partial charge >= 0.3 is 6.18 Å². The number of halogens is 3. The summed E-state index contributed by atoms with van der Waals surface area (Å²) >= 11 is 0. The van der Waals surface area contributed by atoms with Crippen LogP contribution in [-0.2, 0) is 17.8 Å². The lowest BCUT2D eigenvalue weighted by Crippen LogP contribution is -2.22. The molecule has 0 aromatic carbocycles. The number of nitrogens with two attached hydrogens (primary N) is 1. The lowest BCUT2D eigenvalue weighted by molar-refractivity contribution is -0.178. The van der Waals surface area contributed by atoms with Crippen LogP contribution in [0.5, 0.6) is 0 Å². The zero-order chi connectivity index (χ0) is 12.9. The van der Waals surface area contributed by atoms with Gasteiger partial charge in [0.2, 0.25) is 0 Å². The van der Waals surface area contributed by atoms with Crippen LogP contribution in [-0.4, -0.2) is 29.0 Å². The third kappa shape index (κ3) is 5.64. The smallest absolute Gasteiger partial charge is 0.362 e. The molecule has 0 saturated carbocycles. The Balaban J connectivity index is 2.36. The molecule has 1 unspecified atom stereocenters. The number of hydrogen-bond acceptors (Lipinski definition) is 5. The van der Waals surface area contributed by atoms with Crippen LogP contribution < -0.4 is 5.73 Å². The van der Waals surface area contributed by atoms with E-state index >= 15 is 0 Å². The van der Waals surface area contributed by atoms with Crippen LogP contribution in [0.25, 0.3) is 0 Å². The molecule has 0 aliphatic heterocycles. The highest BCUT2D eigenvalue weighted by molar-refractivity contribution is 4.88. The molecule has 0 amide bonds. The fourth-order valence-corrected chi connectivity index (χ4v) is 1.06. The van der Waals surface area contributed by atoms with Crippen LogP contribution >= 0.6 is 0 Å². The number of ether oxygens (including phenoxy) is 1. The number of alkyl halides is 3. The second-order valence-electron chi connectivity index (χ2n) is 3.58. The topological polar surface area (TPSA) is 74.2 Å². The van der Waals surface area contributed by atoms with Crippen LogP contribution in [0.3, 0.4) is 0 Å². The molecular formula is C9H14F3N3O2. The van der Waals surface area contributed by atoms with E-state index in [-0.39, 0.29) is 18.5 Å². The van der Waals surface area contributed by atoms with Gasteiger partial charge in [0.25, 0.3) is 5.89 Å². The predicted molar refractivity (Wildman–Crippen MR) is 52.0 cm³/mol. The molecule has 8 heteroatoms. The largest absolute Gasteiger partial charge is 0.411 e. The van der Waals surface area contributed by atoms with Crippen LogP contribution in [0.2, 0.25) is 0 Å². The third-order valence-electron chi connectivity index (χ3n) is 1.97. The first kappa shape index (κ1) is 13.9. The summed E-state index contributed by atoms with van der Waals surface area (Å²) in [5, 5.41) is 3.59. The minimum atomic E-state index is -4.35. The molecule has 98 valence electrons. The van der Waals surface area contributed by atoms with E-state index in [9.17, 15) is 13.2 Å². The second-order valence-corrected chi connectivity index (χ2v) is 3.58. The van der Waals surface area contributed by atoms with Gasteiger partial charge in [0.05, 0.1) is 0 Å². The van der Waals surface area contributed by atoms with E-state index in [1.807, 2.05) is 6.92 Å². The zero-order valence-corrected chi connectivity index (χ0v) is 9.33.